The van der Waals surface area contributed by atoms with E-state index in [0.717, 1.165) is 29.7 Å². The molecular weight excluding hydrogens is 304 g/mol. The van der Waals surface area contributed by atoms with Crippen molar-refractivity contribution in [1.82, 2.24) is 0 Å². The van der Waals surface area contributed by atoms with Crippen molar-refractivity contribution in [2.45, 2.75) is 84.2 Å². The van der Waals surface area contributed by atoms with Gasteiger partial charge in [-0.05, 0) is 86.9 Å². The Morgan fingerprint density at radius 3 is 2.56 bits per heavy atom. The van der Waals surface area contributed by atoms with Crippen molar-refractivity contribution < 1.29 is 4.90 Å². The quantitative estimate of drug-likeness (QED) is 0.738. The summed E-state index contributed by atoms with van der Waals surface area (Å²) in [5, 5.41) is 0. The molecule has 0 aromatic heterocycles. The van der Waals surface area contributed by atoms with Crippen LogP contribution in [0.2, 0.25) is 0 Å². The molecule has 8 unspecified atom stereocenters. The second-order valence-corrected chi connectivity index (χ2v) is 10.9. The third-order valence-corrected chi connectivity index (χ3v) is 9.73. The molecule has 0 aromatic rings. The topological polar surface area (TPSA) is 30.5 Å². The van der Waals surface area contributed by atoms with Crippen LogP contribution in [0.25, 0.3) is 0 Å². The number of hydrogen-bond acceptors (Lipinski definition) is 1. The lowest BCUT2D eigenvalue weighted by molar-refractivity contribution is -0.889. The average Bonchev–Trinajstić information content (AvgIpc) is 2.92. The van der Waals surface area contributed by atoms with Crippen LogP contribution in [0.5, 0.6) is 0 Å². The fourth-order valence-corrected chi connectivity index (χ4v) is 7.95. The van der Waals surface area contributed by atoms with Crippen molar-refractivity contribution in [3.63, 3.8) is 0 Å². The van der Waals surface area contributed by atoms with Gasteiger partial charge in [-0.25, -0.2) is 0 Å². The summed E-state index contributed by atoms with van der Waals surface area (Å²) in [6.07, 6.45) is 13.6. The SMILES string of the molecule is CC(C1CCC2C3CC=C4CC(N)CCC4(C)C3CCC21C)[NH+](C)C. The van der Waals surface area contributed by atoms with E-state index in [9.17, 15) is 0 Å². The molecule has 3 saturated carbocycles. The highest BCUT2D eigenvalue weighted by Gasteiger charge is 2.59. The maximum absolute atomic E-state index is 6.31. The first kappa shape index (κ1) is 18.0. The summed E-state index contributed by atoms with van der Waals surface area (Å²) >= 11 is 0. The highest BCUT2D eigenvalue weighted by molar-refractivity contribution is 5.25. The van der Waals surface area contributed by atoms with Crippen molar-refractivity contribution in [2.24, 2.45) is 40.2 Å². The molecule has 3 fully saturated rings. The first-order valence-electron chi connectivity index (χ1n) is 11.0. The van der Waals surface area contributed by atoms with Crippen LogP contribution in [-0.4, -0.2) is 26.2 Å². The van der Waals surface area contributed by atoms with Gasteiger partial charge in [0, 0.05) is 12.0 Å². The summed E-state index contributed by atoms with van der Waals surface area (Å²) < 4.78 is 0. The Bertz CT molecular complexity index is 552. The Hall–Kier alpha value is -0.340. The Balaban J connectivity index is 1.62. The Morgan fingerprint density at radius 1 is 1.08 bits per heavy atom. The van der Waals surface area contributed by atoms with Gasteiger partial charge in [0.1, 0.15) is 0 Å². The number of allylic oxidation sites excluding steroid dienone is 1. The Morgan fingerprint density at radius 2 is 1.84 bits per heavy atom. The Labute approximate surface area is 155 Å². The van der Waals surface area contributed by atoms with Gasteiger partial charge in [-0.2, -0.15) is 0 Å². The van der Waals surface area contributed by atoms with Crippen LogP contribution in [0.3, 0.4) is 0 Å². The molecule has 2 nitrogen and oxygen atoms in total. The lowest BCUT2D eigenvalue weighted by Gasteiger charge is -2.58. The van der Waals surface area contributed by atoms with Gasteiger partial charge in [0.2, 0.25) is 0 Å². The molecule has 4 aliphatic rings. The fraction of sp³-hybridized carbons (Fsp3) is 0.913. The summed E-state index contributed by atoms with van der Waals surface area (Å²) in [5.41, 5.74) is 9.10. The Kier molecular flexibility index (Phi) is 4.40. The third kappa shape index (κ3) is 2.57. The second-order valence-electron chi connectivity index (χ2n) is 10.9. The number of rotatable bonds is 2. The molecule has 4 aliphatic carbocycles. The third-order valence-electron chi connectivity index (χ3n) is 9.73. The van der Waals surface area contributed by atoms with Crippen molar-refractivity contribution >= 4 is 0 Å². The molecule has 0 spiro atoms. The van der Waals surface area contributed by atoms with E-state index >= 15 is 0 Å². The predicted octanol–water partition coefficient (Wildman–Crippen LogP) is 3.43. The molecule has 0 aliphatic heterocycles. The zero-order valence-corrected chi connectivity index (χ0v) is 17.3. The smallest absolute Gasteiger partial charge is 0.0875 e. The largest absolute Gasteiger partial charge is 0.337 e. The van der Waals surface area contributed by atoms with Gasteiger partial charge in [0.15, 0.2) is 0 Å². The van der Waals surface area contributed by atoms with Crippen molar-refractivity contribution in [1.29, 1.82) is 0 Å². The number of hydrogen-bond donors (Lipinski definition) is 2. The maximum Gasteiger partial charge on any atom is 0.0875 e. The zero-order valence-electron chi connectivity index (χ0n) is 17.3. The van der Waals surface area contributed by atoms with Crippen molar-refractivity contribution in [3.05, 3.63) is 11.6 Å². The lowest BCUT2D eigenvalue weighted by atomic mass is 9.47. The van der Waals surface area contributed by atoms with Gasteiger partial charge >= 0.3 is 0 Å². The van der Waals surface area contributed by atoms with Crippen LogP contribution in [0.1, 0.15) is 72.1 Å². The number of quaternary nitrogens is 1. The molecular formula is C23H41N2+. The van der Waals surface area contributed by atoms with Crippen LogP contribution in [0.15, 0.2) is 11.6 Å². The van der Waals surface area contributed by atoms with E-state index in [-0.39, 0.29) is 0 Å². The van der Waals surface area contributed by atoms with E-state index in [1.165, 1.54) is 51.4 Å². The summed E-state index contributed by atoms with van der Waals surface area (Å²) in [5.74, 6) is 3.75. The van der Waals surface area contributed by atoms with E-state index in [0.29, 0.717) is 16.9 Å². The highest BCUT2D eigenvalue weighted by Crippen LogP contribution is 2.66. The molecule has 3 N–H and O–H groups in total. The molecule has 0 radical (unpaired) electrons. The average molecular weight is 346 g/mol. The molecule has 8 atom stereocenters. The molecule has 0 saturated heterocycles. The molecule has 0 amide bonds. The summed E-state index contributed by atoms with van der Waals surface area (Å²) in [6, 6.07) is 1.22. The van der Waals surface area contributed by atoms with Crippen LogP contribution in [0.4, 0.5) is 0 Å². The number of nitrogens with two attached hydrogens (primary N) is 1. The highest BCUT2D eigenvalue weighted by atomic mass is 15.1. The van der Waals surface area contributed by atoms with Crippen LogP contribution < -0.4 is 10.6 Å². The van der Waals surface area contributed by atoms with Gasteiger partial charge in [-0.15, -0.1) is 0 Å². The van der Waals surface area contributed by atoms with Crippen LogP contribution in [0, 0.1) is 34.5 Å². The minimum absolute atomic E-state index is 0.421. The molecule has 0 aromatic carbocycles. The van der Waals surface area contributed by atoms with Crippen LogP contribution in [-0.2, 0) is 0 Å². The second kappa shape index (κ2) is 6.09. The number of fused-ring (bicyclic) bond motifs is 5. The molecule has 0 bridgehead atoms. The standard InChI is InChI=1S/C23H40N2/c1-15(25(4)5)19-8-9-20-18-7-6-16-14-17(24)10-12-22(16,2)21(18)11-13-23(19,20)3/h6,15,17-21H,7-14,24H2,1-5H3/p+1. The minimum Gasteiger partial charge on any atom is -0.337 e. The maximum atomic E-state index is 6.31. The van der Waals surface area contributed by atoms with Gasteiger partial charge in [-0.1, -0.05) is 25.5 Å². The van der Waals surface area contributed by atoms with Crippen molar-refractivity contribution in [2.75, 3.05) is 14.1 Å². The summed E-state index contributed by atoms with van der Waals surface area (Å²) in [7, 11) is 4.71. The molecule has 25 heavy (non-hydrogen) atoms. The van der Waals surface area contributed by atoms with Gasteiger partial charge in [0.25, 0.3) is 0 Å². The zero-order chi connectivity index (χ0) is 18.0. The van der Waals surface area contributed by atoms with E-state index in [2.05, 4.69) is 40.9 Å². The van der Waals surface area contributed by atoms with Gasteiger partial charge < -0.3 is 10.6 Å². The monoisotopic (exact) mass is 345 g/mol. The van der Waals surface area contributed by atoms with Crippen molar-refractivity contribution in [3.8, 4) is 0 Å². The lowest BCUT2D eigenvalue weighted by Crippen LogP contribution is -3.10. The molecule has 142 valence electrons. The van der Waals surface area contributed by atoms with Gasteiger partial charge in [0.05, 0.1) is 20.1 Å². The first-order chi connectivity index (χ1) is 11.8. The van der Waals surface area contributed by atoms with E-state index in [1.54, 1.807) is 10.5 Å². The molecule has 4 rings (SSSR count). The van der Waals surface area contributed by atoms with Gasteiger partial charge in [-0.3, -0.25) is 0 Å². The van der Waals surface area contributed by atoms with Crippen LogP contribution >= 0.6 is 0 Å². The predicted molar refractivity (Wildman–Crippen MR) is 105 cm³/mol. The normalized spacial score (nSPS) is 50.7. The number of nitrogens with one attached hydrogen (secondary N) is 1. The summed E-state index contributed by atoms with van der Waals surface area (Å²) in [4.78, 5) is 1.65. The molecule has 2 heteroatoms. The van der Waals surface area contributed by atoms with E-state index in [1.807, 2.05) is 0 Å². The minimum atomic E-state index is 0.421. The van der Waals surface area contributed by atoms with E-state index in [4.69, 9.17) is 5.73 Å². The molecule has 0 heterocycles. The first-order valence-corrected chi connectivity index (χ1v) is 11.0. The fourth-order valence-electron chi connectivity index (χ4n) is 7.95. The summed E-state index contributed by atoms with van der Waals surface area (Å²) in [6.45, 7) is 7.77. The van der Waals surface area contributed by atoms with E-state index < -0.39 is 0 Å².